The Morgan fingerprint density at radius 3 is 2.63 bits per heavy atom. The number of ether oxygens (including phenoxy) is 2. The lowest BCUT2D eigenvalue weighted by molar-refractivity contribution is -0.117. The van der Waals surface area contributed by atoms with Gasteiger partial charge in [0.05, 0.1) is 20.3 Å². The average Bonchev–Trinajstić information content (AvgIpc) is 2.68. The van der Waals surface area contributed by atoms with Gasteiger partial charge >= 0.3 is 0 Å². The average molecular weight is 389 g/mol. The van der Waals surface area contributed by atoms with Gasteiger partial charge in [-0.25, -0.2) is 0 Å². The SMILES string of the molecule is CCOc1ccc(CN(CC)CC(=O)Nc2cccc(SC)c2)cc1OC. The summed E-state index contributed by atoms with van der Waals surface area (Å²) in [6, 6.07) is 13.8. The van der Waals surface area contributed by atoms with Crippen LogP contribution in [-0.2, 0) is 11.3 Å². The molecular formula is C21H28N2O3S. The molecule has 6 heteroatoms. The lowest BCUT2D eigenvalue weighted by Gasteiger charge is -2.21. The van der Waals surface area contributed by atoms with Crippen molar-refractivity contribution in [2.24, 2.45) is 0 Å². The standard InChI is InChI=1S/C21H28N2O3S/c1-5-23(14-16-10-11-19(26-6-2)20(12-16)25-3)15-21(24)22-17-8-7-9-18(13-17)27-4/h7-13H,5-6,14-15H2,1-4H3,(H,22,24). The maximum Gasteiger partial charge on any atom is 0.238 e. The molecule has 0 aliphatic heterocycles. The first-order valence-electron chi connectivity index (χ1n) is 9.05. The van der Waals surface area contributed by atoms with Crippen LogP contribution < -0.4 is 14.8 Å². The number of anilines is 1. The number of hydrogen-bond acceptors (Lipinski definition) is 5. The summed E-state index contributed by atoms with van der Waals surface area (Å²) in [5, 5.41) is 2.98. The van der Waals surface area contributed by atoms with Crippen molar-refractivity contribution in [3.63, 3.8) is 0 Å². The molecule has 0 radical (unpaired) electrons. The van der Waals surface area contributed by atoms with E-state index in [-0.39, 0.29) is 5.91 Å². The van der Waals surface area contributed by atoms with Gasteiger partial charge in [-0.2, -0.15) is 0 Å². The molecule has 2 aromatic rings. The monoisotopic (exact) mass is 388 g/mol. The van der Waals surface area contributed by atoms with Crippen LogP contribution in [-0.4, -0.2) is 43.9 Å². The van der Waals surface area contributed by atoms with E-state index in [4.69, 9.17) is 9.47 Å². The van der Waals surface area contributed by atoms with E-state index >= 15 is 0 Å². The quantitative estimate of drug-likeness (QED) is 0.616. The summed E-state index contributed by atoms with van der Waals surface area (Å²) in [5.74, 6) is 1.43. The number of thioether (sulfide) groups is 1. The van der Waals surface area contributed by atoms with Crippen LogP contribution in [0.25, 0.3) is 0 Å². The van der Waals surface area contributed by atoms with Gasteiger partial charge in [-0.05, 0) is 55.6 Å². The number of hydrogen-bond donors (Lipinski definition) is 1. The third-order valence-electron chi connectivity index (χ3n) is 4.10. The number of likely N-dealkylation sites (N-methyl/N-ethyl adjacent to an activating group) is 1. The zero-order valence-electron chi connectivity index (χ0n) is 16.5. The lowest BCUT2D eigenvalue weighted by atomic mass is 10.2. The third kappa shape index (κ3) is 6.48. The molecule has 2 aromatic carbocycles. The van der Waals surface area contributed by atoms with E-state index in [1.165, 1.54) is 0 Å². The van der Waals surface area contributed by atoms with Crippen LogP contribution in [0.2, 0.25) is 0 Å². The minimum Gasteiger partial charge on any atom is -0.493 e. The Balaban J connectivity index is 1.99. The number of carbonyl (C=O) groups excluding carboxylic acids is 1. The first-order chi connectivity index (χ1) is 13.1. The topological polar surface area (TPSA) is 50.8 Å². The molecule has 0 atom stereocenters. The molecular weight excluding hydrogens is 360 g/mol. The minimum absolute atomic E-state index is 0.0204. The van der Waals surface area contributed by atoms with E-state index in [1.54, 1.807) is 18.9 Å². The molecule has 0 spiro atoms. The summed E-state index contributed by atoms with van der Waals surface area (Å²) in [7, 11) is 1.63. The lowest BCUT2D eigenvalue weighted by Crippen LogP contribution is -2.32. The van der Waals surface area contributed by atoms with E-state index in [0.717, 1.165) is 28.4 Å². The van der Waals surface area contributed by atoms with E-state index in [0.29, 0.717) is 25.4 Å². The maximum atomic E-state index is 12.4. The van der Waals surface area contributed by atoms with Gasteiger partial charge in [-0.15, -0.1) is 11.8 Å². The highest BCUT2D eigenvalue weighted by atomic mass is 32.2. The third-order valence-corrected chi connectivity index (χ3v) is 4.83. The maximum absolute atomic E-state index is 12.4. The van der Waals surface area contributed by atoms with E-state index in [9.17, 15) is 4.79 Å². The molecule has 27 heavy (non-hydrogen) atoms. The Hall–Kier alpha value is -2.18. The largest absolute Gasteiger partial charge is 0.493 e. The number of methoxy groups -OCH3 is 1. The highest BCUT2D eigenvalue weighted by Gasteiger charge is 2.12. The smallest absolute Gasteiger partial charge is 0.238 e. The molecule has 0 saturated heterocycles. The van der Waals surface area contributed by atoms with Gasteiger partial charge in [0.25, 0.3) is 0 Å². The number of benzene rings is 2. The first-order valence-corrected chi connectivity index (χ1v) is 10.3. The van der Waals surface area contributed by atoms with Crippen molar-refractivity contribution < 1.29 is 14.3 Å². The van der Waals surface area contributed by atoms with Crippen LogP contribution in [0.15, 0.2) is 47.4 Å². The van der Waals surface area contributed by atoms with E-state index < -0.39 is 0 Å². The van der Waals surface area contributed by atoms with Crippen molar-refractivity contribution >= 4 is 23.4 Å². The molecule has 0 fully saturated rings. The zero-order chi connectivity index (χ0) is 19.6. The fourth-order valence-electron chi connectivity index (χ4n) is 2.73. The fraction of sp³-hybridized carbons (Fsp3) is 0.381. The molecule has 0 unspecified atom stereocenters. The summed E-state index contributed by atoms with van der Waals surface area (Å²) >= 11 is 1.65. The van der Waals surface area contributed by atoms with Gasteiger partial charge in [0.1, 0.15) is 0 Å². The molecule has 0 aliphatic rings. The van der Waals surface area contributed by atoms with Crippen molar-refractivity contribution in [1.82, 2.24) is 4.90 Å². The number of rotatable bonds is 10. The summed E-state index contributed by atoms with van der Waals surface area (Å²) in [4.78, 5) is 15.6. The Labute approximate surface area is 166 Å². The van der Waals surface area contributed by atoms with Crippen molar-refractivity contribution in [3.05, 3.63) is 48.0 Å². The van der Waals surface area contributed by atoms with Crippen LogP contribution in [0.1, 0.15) is 19.4 Å². The highest BCUT2D eigenvalue weighted by molar-refractivity contribution is 7.98. The molecule has 2 rings (SSSR count). The van der Waals surface area contributed by atoms with Crippen LogP contribution in [0, 0.1) is 0 Å². The van der Waals surface area contributed by atoms with Gasteiger partial charge in [0, 0.05) is 17.1 Å². The molecule has 0 aliphatic carbocycles. The Bertz CT molecular complexity index is 752. The summed E-state index contributed by atoms with van der Waals surface area (Å²) in [6.07, 6.45) is 2.02. The zero-order valence-corrected chi connectivity index (χ0v) is 17.3. The van der Waals surface area contributed by atoms with Gasteiger partial charge < -0.3 is 14.8 Å². The van der Waals surface area contributed by atoms with Crippen LogP contribution in [0.3, 0.4) is 0 Å². The molecule has 0 heterocycles. The Morgan fingerprint density at radius 1 is 1.15 bits per heavy atom. The van der Waals surface area contributed by atoms with Crippen LogP contribution in [0.4, 0.5) is 5.69 Å². The van der Waals surface area contributed by atoms with Crippen LogP contribution >= 0.6 is 11.8 Å². The van der Waals surface area contributed by atoms with Gasteiger partial charge in [-0.3, -0.25) is 9.69 Å². The number of amides is 1. The highest BCUT2D eigenvalue weighted by Crippen LogP contribution is 2.28. The Kier molecular flexibility index (Phi) is 8.48. The number of nitrogens with one attached hydrogen (secondary N) is 1. The minimum atomic E-state index is -0.0204. The molecule has 0 bridgehead atoms. The second kappa shape index (κ2) is 10.8. The predicted molar refractivity (Wildman–Crippen MR) is 112 cm³/mol. The molecule has 146 valence electrons. The van der Waals surface area contributed by atoms with Gasteiger partial charge in [0.2, 0.25) is 5.91 Å². The van der Waals surface area contributed by atoms with Crippen molar-refractivity contribution in [3.8, 4) is 11.5 Å². The molecule has 5 nitrogen and oxygen atoms in total. The second-order valence-electron chi connectivity index (χ2n) is 6.00. The van der Waals surface area contributed by atoms with Gasteiger partial charge in [0.15, 0.2) is 11.5 Å². The van der Waals surface area contributed by atoms with Gasteiger partial charge in [-0.1, -0.05) is 19.1 Å². The van der Waals surface area contributed by atoms with E-state index in [1.807, 2.05) is 62.6 Å². The normalized spacial score (nSPS) is 10.7. The number of carbonyl (C=O) groups is 1. The van der Waals surface area contributed by atoms with Crippen molar-refractivity contribution in [2.45, 2.75) is 25.3 Å². The first kappa shape index (κ1) is 21.1. The summed E-state index contributed by atoms with van der Waals surface area (Å²) in [6.45, 7) is 6.35. The molecule has 0 aromatic heterocycles. The van der Waals surface area contributed by atoms with E-state index in [2.05, 4.69) is 10.2 Å². The van der Waals surface area contributed by atoms with Crippen molar-refractivity contribution in [1.29, 1.82) is 0 Å². The second-order valence-corrected chi connectivity index (χ2v) is 6.88. The fourth-order valence-corrected chi connectivity index (χ4v) is 3.19. The molecule has 0 saturated carbocycles. The Morgan fingerprint density at radius 2 is 1.96 bits per heavy atom. The number of nitrogens with zero attached hydrogens (tertiary/aromatic N) is 1. The summed E-state index contributed by atoms with van der Waals surface area (Å²) in [5.41, 5.74) is 1.90. The molecule has 1 amide bonds. The predicted octanol–water partition coefficient (Wildman–Crippen LogP) is 4.28. The van der Waals surface area contributed by atoms with Crippen molar-refractivity contribution in [2.75, 3.05) is 38.4 Å². The summed E-state index contributed by atoms with van der Waals surface area (Å²) < 4.78 is 11.0. The van der Waals surface area contributed by atoms with Crippen LogP contribution in [0.5, 0.6) is 11.5 Å². The molecule has 1 N–H and O–H groups in total.